The molecule has 1 heterocycles. The molecule has 0 atom stereocenters. The lowest BCUT2D eigenvalue weighted by atomic mass is 10.1. The number of hydrogen-bond acceptors (Lipinski definition) is 3. The number of amides is 2. The number of para-hydroxylation sites is 1. The first-order chi connectivity index (χ1) is 10.8. The predicted molar refractivity (Wildman–Crippen MR) is 92.5 cm³/mol. The molecule has 1 aromatic carbocycles. The van der Waals surface area contributed by atoms with E-state index in [9.17, 15) is 9.59 Å². The largest absolute Gasteiger partial charge is 0.350 e. The molecule has 2 rings (SSSR count). The predicted octanol–water partition coefficient (Wildman–Crippen LogP) is 1.81. The Bertz CT molecular complexity index is 578. The van der Waals surface area contributed by atoms with E-state index in [-0.39, 0.29) is 30.4 Å². The van der Waals surface area contributed by atoms with Crippen molar-refractivity contribution in [1.82, 2.24) is 10.2 Å². The Balaban J connectivity index is 1.94. The number of benzene rings is 1. The third-order valence-electron chi connectivity index (χ3n) is 3.88. The monoisotopic (exact) mass is 317 g/mol. The fraction of sp³-hybridized carbons (Fsp3) is 0.556. The van der Waals surface area contributed by atoms with E-state index in [1.807, 2.05) is 55.7 Å². The molecule has 0 bridgehead atoms. The summed E-state index contributed by atoms with van der Waals surface area (Å²) >= 11 is 0. The van der Waals surface area contributed by atoms with Crippen LogP contribution in [0.5, 0.6) is 0 Å². The van der Waals surface area contributed by atoms with Crippen molar-refractivity contribution in [2.75, 3.05) is 31.1 Å². The van der Waals surface area contributed by atoms with E-state index in [0.717, 1.165) is 18.7 Å². The summed E-state index contributed by atoms with van der Waals surface area (Å²) in [6.07, 6.45) is 0.901. The third-order valence-corrected chi connectivity index (χ3v) is 3.88. The van der Waals surface area contributed by atoms with Crippen LogP contribution in [-0.4, -0.2) is 48.4 Å². The summed E-state index contributed by atoms with van der Waals surface area (Å²) in [5.74, 6) is 0.00864. The van der Waals surface area contributed by atoms with Crippen LogP contribution in [0.25, 0.3) is 0 Å². The molecular formula is C18H27N3O2. The number of carbonyl (C=O) groups excluding carboxylic acids is 2. The van der Waals surface area contributed by atoms with Crippen LogP contribution in [0, 0.1) is 0 Å². The zero-order valence-electron chi connectivity index (χ0n) is 14.6. The molecule has 5 heteroatoms. The summed E-state index contributed by atoms with van der Waals surface area (Å²) in [4.78, 5) is 28.4. The van der Waals surface area contributed by atoms with Crippen LogP contribution < -0.4 is 10.2 Å². The Hall–Kier alpha value is -1.88. The van der Waals surface area contributed by atoms with E-state index in [4.69, 9.17) is 0 Å². The zero-order chi connectivity index (χ0) is 17.0. The molecular weight excluding hydrogens is 290 g/mol. The van der Waals surface area contributed by atoms with Crippen LogP contribution >= 0.6 is 0 Å². The van der Waals surface area contributed by atoms with Gasteiger partial charge in [-0.15, -0.1) is 0 Å². The van der Waals surface area contributed by atoms with E-state index >= 15 is 0 Å². The maximum absolute atomic E-state index is 12.6. The lowest BCUT2D eigenvalue weighted by Gasteiger charge is -2.26. The van der Waals surface area contributed by atoms with Crippen molar-refractivity contribution in [2.45, 2.75) is 39.7 Å². The number of hydrogen-bond donors (Lipinski definition) is 1. The highest BCUT2D eigenvalue weighted by molar-refractivity contribution is 5.97. The highest BCUT2D eigenvalue weighted by Crippen LogP contribution is 2.27. The van der Waals surface area contributed by atoms with E-state index < -0.39 is 0 Å². The molecule has 5 nitrogen and oxygen atoms in total. The first-order valence-corrected chi connectivity index (χ1v) is 8.22. The molecule has 0 radical (unpaired) electrons. The lowest BCUT2D eigenvalue weighted by molar-refractivity contribution is -0.125. The highest BCUT2D eigenvalue weighted by Gasteiger charge is 2.26. The number of carbonyl (C=O) groups is 2. The van der Waals surface area contributed by atoms with Gasteiger partial charge in [0.05, 0.1) is 13.1 Å². The summed E-state index contributed by atoms with van der Waals surface area (Å²) in [5.41, 5.74) is 1.97. The Morgan fingerprint density at radius 2 is 1.91 bits per heavy atom. The number of nitrogens with one attached hydrogen (secondary N) is 1. The van der Waals surface area contributed by atoms with Crippen LogP contribution in [0.1, 0.15) is 33.3 Å². The van der Waals surface area contributed by atoms with E-state index in [2.05, 4.69) is 11.4 Å². The molecule has 126 valence electrons. The number of fused-ring (bicyclic) bond motifs is 1. The SMILES string of the molecule is CCN(CC(=O)NC(C)(C)C)CC(=O)N1CCc2ccccc21. The van der Waals surface area contributed by atoms with Gasteiger partial charge in [-0.2, -0.15) is 0 Å². The minimum atomic E-state index is -0.256. The second-order valence-corrected chi connectivity index (χ2v) is 7.03. The maximum atomic E-state index is 12.6. The molecule has 2 amide bonds. The number of nitrogens with zero attached hydrogens (tertiary/aromatic N) is 2. The van der Waals surface area contributed by atoms with Crippen LogP contribution in [-0.2, 0) is 16.0 Å². The zero-order valence-corrected chi connectivity index (χ0v) is 14.6. The second-order valence-electron chi connectivity index (χ2n) is 7.03. The quantitative estimate of drug-likeness (QED) is 0.901. The van der Waals surface area contributed by atoms with E-state index in [1.165, 1.54) is 5.56 Å². The average molecular weight is 317 g/mol. The summed E-state index contributed by atoms with van der Waals surface area (Å²) in [5, 5.41) is 2.94. The molecule has 23 heavy (non-hydrogen) atoms. The first kappa shape index (κ1) is 17.5. The topological polar surface area (TPSA) is 52.7 Å². The smallest absolute Gasteiger partial charge is 0.241 e. The normalized spacial score (nSPS) is 14.0. The van der Waals surface area contributed by atoms with Crippen molar-refractivity contribution in [3.63, 3.8) is 0 Å². The Morgan fingerprint density at radius 1 is 1.22 bits per heavy atom. The van der Waals surface area contributed by atoms with Gasteiger partial charge in [0.25, 0.3) is 0 Å². The molecule has 0 unspecified atom stereocenters. The van der Waals surface area contributed by atoms with Gasteiger partial charge < -0.3 is 10.2 Å². The van der Waals surface area contributed by atoms with Gasteiger partial charge in [-0.1, -0.05) is 25.1 Å². The van der Waals surface area contributed by atoms with Crippen molar-refractivity contribution in [2.24, 2.45) is 0 Å². The van der Waals surface area contributed by atoms with Gasteiger partial charge in [0.15, 0.2) is 0 Å². The van der Waals surface area contributed by atoms with Crippen LogP contribution in [0.4, 0.5) is 5.69 Å². The molecule has 1 N–H and O–H groups in total. The molecule has 0 fully saturated rings. The van der Waals surface area contributed by atoms with Crippen LogP contribution in [0.2, 0.25) is 0 Å². The van der Waals surface area contributed by atoms with Gasteiger partial charge in [-0.3, -0.25) is 14.5 Å². The fourth-order valence-corrected chi connectivity index (χ4v) is 2.81. The van der Waals surface area contributed by atoms with Gasteiger partial charge in [-0.05, 0) is 45.4 Å². The standard InChI is InChI=1S/C18H27N3O2/c1-5-20(12-16(22)19-18(2,3)4)13-17(23)21-11-10-14-8-6-7-9-15(14)21/h6-9H,5,10-13H2,1-4H3,(H,19,22). The molecule has 1 aliphatic rings. The molecule has 0 saturated carbocycles. The highest BCUT2D eigenvalue weighted by atomic mass is 16.2. The average Bonchev–Trinajstić information content (AvgIpc) is 2.88. The summed E-state index contributed by atoms with van der Waals surface area (Å²) < 4.78 is 0. The summed E-state index contributed by atoms with van der Waals surface area (Å²) in [6, 6.07) is 8.01. The minimum Gasteiger partial charge on any atom is -0.350 e. The Morgan fingerprint density at radius 3 is 2.57 bits per heavy atom. The van der Waals surface area contributed by atoms with E-state index in [0.29, 0.717) is 6.54 Å². The fourth-order valence-electron chi connectivity index (χ4n) is 2.81. The molecule has 1 aromatic rings. The first-order valence-electron chi connectivity index (χ1n) is 8.22. The summed E-state index contributed by atoms with van der Waals surface area (Å²) in [6.45, 7) is 9.73. The van der Waals surface area contributed by atoms with Crippen LogP contribution in [0.3, 0.4) is 0 Å². The minimum absolute atomic E-state index is 0.0472. The number of anilines is 1. The van der Waals surface area contributed by atoms with Crippen molar-refractivity contribution in [3.05, 3.63) is 29.8 Å². The molecule has 0 saturated heterocycles. The van der Waals surface area contributed by atoms with Crippen molar-refractivity contribution in [3.8, 4) is 0 Å². The van der Waals surface area contributed by atoms with Gasteiger partial charge in [-0.25, -0.2) is 0 Å². The number of likely N-dealkylation sites (N-methyl/N-ethyl adjacent to an activating group) is 1. The number of rotatable bonds is 5. The second kappa shape index (κ2) is 7.13. The van der Waals surface area contributed by atoms with Gasteiger partial charge in [0.1, 0.15) is 0 Å². The maximum Gasteiger partial charge on any atom is 0.241 e. The lowest BCUT2D eigenvalue weighted by Crippen LogP contribution is -2.48. The third kappa shape index (κ3) is 4.79. The van der Waals surface area contributed by atoms with Crippen molar-refractivity contribution in [1.29, 1.82) is 0 Å². The van der Waals surface area contributed by atoms with Gasteiger partial charge in [0.2, 0.25) is 11.8 Å². The molecule has 0 aliphatic carbocycles. The Kier molecular flexibility index (Phi) is 5.42. The summed E-state index contributed by atoms with van der Waals surface area (Å²) in [7, 11) is 0. The Labute approximate surface area is 138 Å². The van der Waals surface area contributed by atoms with Gasteiger partial charge in [0, 0.05) is 17.8 Å². The van der Waals surface area contributed by atoms with Crippen molar-refractivity contribution >= 4 is 17.5 Å². The molecule has 0 spiro atoms. The molecule has 1 aliphatic heterocycles. The van der Waals surface area contributed by atoms with Crippen LogP contribution in [0.15, 0.2) is 24.3 Å². The van der Waals surface area contributed by atoms with Gasteiger partial charge >= 0.3 is 0 Å². The van der Waals surface area contributed by atoms with Crippen molar-refractivity contribution < 1.29 is 9.59 Å². The molecule has 0 aromatic heterocycles. The van der Waals surface area contributed by atoms with E-state index in [1.54, 1.807) is 0 Å².